The monoisotopic (exact) mass is 915 g/mol. The van der Waals surface area contributed by atoms with Gasteiger partial charge in [-0.2, -0.15) is 0 Å². The summed E-state index contributed by atoms with van der Waals surface area (Å²) in [4.78, 5) is 28.7. The maximum absolute atomic E-state index is 13.4. The minimum absolute atomic E-state index is 0. The zero-order chi connectivity index (χ0) is 40.9. The van der Waals surface area contributed by atoms with E-state index in [2.05, 4.69) is 99.8 Å². The van der Waals surface area contributed by atoms with E-state index < -0.39 is 5.60 Å². The van der Waals surface area contributed by atoms with Crippen molar-refractivity contribution in [3.63, 3.8) is 0 Å². The van der Waals surface area contributed by atoms with E-state index in [4.69, 9.17) is 18.9 Å². The number of hydrogen-bond acceptors (Lipinski definition) is 8. The average Bonchev–Trinajstić information content (AvgIpc) is 3.79. The van der Waals surface area contributed by atoms with Crippen LogP contribution in [0.3, 0.4) is 0 Å². The van der Waals surface area contributed by atoms with Gasteiger partial charge in [0.2, 0.25) is 0 Å². The second-order valence-electron chi connectivity index (χ2n) is 18.6. The van der Waals surface area contributed by atoms with Crippen LogP contribution in [0.4, 0.5) is 0 Å². The number of hydrogen-bond donors (Lipinski definition) is 0. The van der Waals surface area contributed by atoms with Gasteiger partial charge in [-0.15, -0.1) is 0 Å². The van der Waals surface area contributed by atoms with Gasteiger partial charge in [0.1, 0.15) is 34.7 Å². The Morgan fingerprint density at radius 2 is 1.39 bits per heavy atom. The number of ketones is 2. The predicted molar refractivity (Wildman–Crippen MR) is 280 cm³/mol. The molecule has 4 heterocycles. The number of carbonyl (C=O) groups excluding carboxylic acids is 2. The number of benzene rings is 2. The summed E-state index contributed by atoms with van der Waals surface area (Å²) in [5, 5.41) is 0. The molecule has 2 saturated heterocycles. The third kappa shape index (κ3) is 7.68. The first-order valence-electron chi connectivity index (χ1n) is 21.8. The highest BCUT2D eigenvalue weighted by molar-refractivity contribution is 5.88. The van der Waals surface area contributed by atoms with Crippen LogP contribution in [0.2, 0.25) is 0 Å². The van der Waals surface area contributed by atoms with Crippen LogP contribution in [0.1, 0.15) is 152 Å². The molecular formula is C58H94N2O6. The van der Waals surface area contributed by atoms with Gasteiger partial charge in [-0.25, -0.2) is 0 Å². The molecule has 1 saturated carbocycles. The number of ether oxygens (including phenoxy) is 4. The number of methoxy groups -OCH3 is 2. The molecule has 2 aromatic carbocycles. The number of likely N-dealkylation sites (N-methyl/N-ethyl adjacent to an activating group) is 2. The quantitative estimate of drug-likeness (QED) is 0.191. The summed E-state index contributed by atoms with van der Waals surface area (Å²) < 4.78 is 25.4. The summed E-state index contributed by atoms with van der Waals surface area (Å²) in [6.45, 7) is 13.9. The van der Waals surface area contributed by atoms with E-state index in [9.17, 15) is 9.59 Å². The van der Waals surface area contributed by atoms with Crippen LogP contribution < -0.4 is 9.47 Å². The van der Waals surface area contributed by atoms with E-state index in [-0.39, 0.29) is 99.6 Å². The van der Waals surface area contributed by atoms with Gasteiger partial charge in [0, 0.05) is 48.6 Å². The van der Waals surface area contributed by atoms with Crippen molar-refractivity contribution >= 4 is 11.6 Å². The van der Waals surface area contributed by atoms with Crippen LogP contribution in [-0.4, -0.2) is 92.7 Å². The van der Waals surface area contributed by atoms with Gasteiger partial charge in [-0.05, 0) is 126 Å². The molecule has 66 heavy (non-hydrogen) atoms. The van der Waals surface area contributed by atoms with Gasteiger partial charge in [0.25, 0.3) is 0 Å². The number of carbonyl (C=O) groups is 2. The van der Waals surface area contributed by atoms with E-state index in [1.54, 1.807) is 14.2 Å². The van der Waals surface area contributed by atoms with Crippen LogP contribution in [0.5, 0.6) is 11.5 Å². The highest BCUT2D eigenvalue weighted by atomic mass is 16.6. The van der Waals surface area contributed by atoms with Gasteiger partial charge in [-0.1, -0.05) is 122 Å². The van der Waals surface area contributed by atoms with E-state index in [1.165, 1.54) is 45.0 Å². The summed E-state index contributed by atoms with van der Waals surface area (Å²) in [5.41, 5.74) is 9.02. The molecule has 0 unspecified atom stereocenters. The minimum atomic E-state index is -0.658. The fourth-order valence-electron chi connectivity index (χ4n) is 13.4. The molecular weight excluding hydrogens is 821 g/mol. The van der Waals surface area contributed by atoms with Crippen molar-refractivity contribution in [2.45, 2.75) is 186 Å². The maximum Gasteiger partial charge on any atom is 0.169 e. The normalized spacial score (nSPS) is 31.4. The fourth-order valence-corrected chi connectivity index (χ4v) is 13.4. The smallest absolute Gasteiger partial charge is 0.169 e. The predicted octanol–water partition coefficient (Wildman–Crippen LogP) is 12.9. The Bertz CT molecular complexity index is 2170. The molecule has 8 heteroatoms. The molecule has 2 aromatic rings. The van der Waals surface area contributed by atoms with Gasteiger partial charge < -0.3 is 23.8 Å². The van der Waals surface area contributed by atoms with Gasteiger partial charge in [-0.3, -0.25) is 14.5 Å². The summed E-state index contributed by atoms with van der Waals surface area (Å²) in [7, 11) is 8.05. The Labute approximate surface area is 404 Å². The summed E-state index contributed by atoms with van der Waals surface area (Å²) >= 11 is 0. The Balaban J connectivity index is 0.000000532. The van der Waals surface area contributed by atoms with Crippen LogP contribution in [0.25, 0.3) is 0 Å². The molecule has 0 amide bonds. The lowest BCUT2D eigenvalue weighted by molar-refractivity contribution is -0.213. The largest absolute Gasteiger partial charge is 0.497 e. The van der Waals surface area contributed by atoms with Gasteiger partial charge >= 0.3 is 0 Å². The molecule has 3 fully saturated rings. The first-order valence-corrected chi connectivity index (χ1v) is 21.8. The highest BCUT2D eigenvalue weighted by Gasteiger charge is 2.79. The zero-order valence-corrected chi connectivity index (χ0v) is 35.9. The van der Waals surface area contributed by atoms with Gasteiger partial charge in [0.15, 0.2) is 11.9 Å². The average molecular weight is 915 g/mol. The molecule has 6 bridgehead atoms. The SMILES string of the molecule is C.C.C.C.C.C.C.C.C=CC(=O)CCC.CCCC(=O)[C@H]1C[C@@]23C=C[C@]1(OC)[C@@H]1Oc4c(C)ccc5c4[C@@]12CCN(C)[C@@H]3C5.COC1=CC=C2[C@H]3Cc4ccc(C)c5c4[C@@]2(CCN3C)[C@H]1O5. The molecule has 0 aromatic heterocycles. The van der Waals surface area contributed by atoms with E-state index >= 15 is 0 Å². The molecule has 10 aliphatic rings. The highest BCUT2D eigenvalue weighted by Crippen LogP contribution is 2.74. The Hall–Kier alpha value is -3.98. The minimum Gasteiger partial charge on any atom is -0.497 e. The molecule has 3 spiro atoms. The first-order chi connectivity index (χ1) is 27.9. The summed E-state index contributed by atoms with van der Waals surface area (Å²) in [5.74, 6) is 3.52. The van der Waals surface area contributed by atoms with Crippen LogP contribution >= 0.6 is 0 Å². The van der Waals surface area contributed by atoms with Crippen molar-refractivity contribution in [2.24, 2.45) is 11.3 Å². The van der Waals surface area contributed by atoms with E-state index in [1.807, 2.05) is 6.92 Å². The standard InChI is InChI=1S/C25H31NO3.C19H21NO2.C6H10O.8CH4/c1-5-6-18(27)17-14-23-9-10-25(17,28-4)22-24(23)11-12-26(3)19(23)13-16-8-7-15(2)21(29-22)20(16)24;1-11-4-5-12-10-14-13-6-7-15(21-3)18-19(13,8-9-20(14)2)16(12)17(11)22-18;1-3-5-6(7)4-2;;;;;;;;/h7-10,17,19,22H,5-6,11-14H2,1-4H3;4-7,14,18H,8-10H2,1-3H3;4H,2-3,5H2,1H3;8*1H4/t17-,19-,22-,23-,24+,25-;14-,18+,19+;;;;;;;;;/m11........./s1. The van der Waals surface area contributed by atoms with Crippen LogP contribution in [-0.2, 0) is 42.7 Å². The second kappa shape index (κ2) is 21.5. The lowest BCUT2D eigenvalue weighted by Crippen LogP contribution is -2.79. The number of piperidine rings is 2. The second-order valence-corrected chi connectivity index (χ2v) is 18.6. The molecule has 6 aliphatic carbocycles. The van der Waals surface area contributed by atoms with E-state index in [0.29, 0.717) is 30.7 Å². The molecule has 8 nitrogen and oxygen atoms in total. The zero-order valence-electron chi connectivity index (χ0n) is 35.9. The molecule has 9 atom stereocenters. The number of aryl methyl sites for hydroxylation is 2. The number of fused-ring (bicyclic) bond motifs is 1. The number of allylic oxidation sites excluding steroid dienone is 3. The molecule has 0 radical (unpaired) electrons. The third-order valence-electron chi connectivity index (χ3n) is 16.1. The van der Waals surface area contributed by atoms with Crippen LogP contribution in [0, 0.1) is 25.2 Å². The molecule has 12 rings (SSSR count). The van der Waals surface area contributed by atoms with Crippen molar-refractivity contribution < 1.29 is 28.5 Å². The maximum atomic E-state index is 13.4. The van der Waals surface area contributed by atoms with Crippen molar-refractivity contribution in [1.29, 1.82) is 0 Å². The number of likely N-dealkylation sites (tertiary alicyclic amines) is 2. The summed E-state index contributed by atoms with van der Waals surface area (Å²) in [6, 6.07) is 9.97. The fraction of sp³-hybridized carbons (Fsp3) is 0.621. The molecule has 0 N–H and O–H groups in total. The van der Waals surface area contributed by atoms with Crippen molar-refractivity contribution in [1.82, 2.24) is 9.80 Å². The lowest BCUT2D eigenvalue weighted by Gasteiger charge is -2.70. The first kappa shape index (κ1) is 60.0. The van der Waals surface area contributed by atoms with Gasteiger partial charge in [0.05, 0.1) is 23.9 Å². The van der Waals surface area contributed by atoms with Crippen molar-refractivity contribution in [2.75, 3.05) is 41.4 Å². The number of Topliss-reactive ketones (excluding diaryl/α,β-unsaturated/α-hetero) is 1. The Morgan fingerprint density at radius 1 is 0.788 bits per heavy atom. The third-order valence-corrected chi connectivity index (χ3v) is 16.1. The van der Waals surface area contributed by atoms with Crippen LogP contribution in [0.15, 0.2) is 72.6 Å². The number of rotatable bonds is 8. The Morgan fingerprint density at radius 3 is 1.97 bits per heavy atom. The number of nitrogens with zero attached hydrogens (tertiary/aromatic N) is 2. The Kier molecular flexibility index (Phi) is 19.6. The van der Waals surface area contributed by atoms with E-state index in [0.717, 1.165) is 75.3 Å². The summed E-state index contributed by atoms with van der Waals surface area (Å²) in [6.07, 6.45) is 18.6. The lowest BCUT2D eigenvalue weighted by atomic mass is 9.37. The van der Waals surface area contributed by atoms with Crippen molar-refractivity contribution in [3.05, 3.63) is 106 Å². The topological polar surface area (TPSA) is 77.5 Å². The molecule has 4 aliphatic heterocycles. The van der Waals surface area contributed by atoms with Crippen molar-refractivity contribution in [3.8, 4) is 11.5 Å². The molecule has 372 valence electrons.